The minimum atomic E-state index is 0.0118. The van der Waals surface area contributed by atoms with E-state index in [-0.39, 0.29) is 5.91 Å². The fraction of sp³-hybridized carbons (Fsp3) is 0.438. The topological polar surface area (TPSA) is 42.0 Å². The minimum absolute atomic E-state index is 0.0118. The molecule has 1 heterocycles. The van der Waals surface area contributed by atoms with E-state index in [2.05, 4.69) is 11.5 Å². The van der Waals surface area contributed by atoms with Crippen LogP contribution in [-0.2, 0) is 11.3 Å². The Bertz CT molecular complexity index is 486. The molecule has 5 heteroatoms. The van der Waals surface area contributed by atoms with Crippen molar-refractivity contribution in [3.8, 4) is 11.5 Å². The molecule has 0 aromatic heterocycles. The van der Waals surface area contributed by atoms with E-state index in [4.69, 9.17) is 9.47 Å². The highest BCUT2D eigenvalue weighted by molar-refractivity contribution is 5.87. The molecule has 1 aromatic rings. The molecule has 1 aliphatic heterocycles. The first-order chi connectivity index (χ1) is 10.2. The van der Waals surface area contributed by atoms with Crippen LogP contribution < -0.4 is 9.47 Å². The summed E-state index contributed by atoms with van der Waals surface area (Å²) < 4.78 is 10.6. The smallest absolute Gasteiger partial charge is 0.246 e. The third-order valence-electron chi connectivity index (χ3n) is 3.68. The Hall–Kier alpha value is -2.01. The van der Waals surface area contributed by atoms with Gasteiger partial charge in [-0.1, -0.05) is 6.58 Å². The first-order valence-electron chi connectivity index (χ1n) is 7.02. The van der Waals surface area contributed by atoms with Crippen molar-refractivity contribution in [2.45, 2.75) is 6.54 Å². The number of carbonyl (C=O) groups excluding carboxylic acids is 1. The van der Waals surface area contributed by atoms with Crippen LogP contribution >= 0.6 is 0 Å². The lowest BCUT2D eigenvalue weighted by Crippen LogP contribution is -2.47. The molecule has 1 amide bonds. The number of rotatable bonds is 5. The molecule has 1 fully saturated rings. The van der Waals surface area contributed by atoms with Gasteiger partial charge in [0.25, 0.3) is 0 Å². The summed E-state index contributed by atoms with van der Waals surface area (Å²) in [6.45, 7) is 7.56. The van der Waals surface area contributed by atoms with E-state index in [0.29, 0.717) is 0 Å². The lowest BCUT2D eigenvalue weighted by Gasteiger charge is -2.34. The van der Waals surface area contributed by atoms with Crippen LogP contribution in [0, 0.1) is 0 Å². The van der Waals surface area contributed by atoms with Crippen LogP contribution in [0.25, 0.3) is 0 Å². The van der Waals surface area contributed by atoms with Crippen LogP contribution in [0.5, 0.6) is 11.5 Å². The van der Waals surface area contributed by atoms with Crippen LogP contribution in [0.15, 0.2) is 30.9 Å². The average molecular weight is 290 g/mol. The Morgan fingerprint density at radius 1 is 1.14 bits per heavy atom. The molecular weight excluding hydrogens is 268 g/mol. The lowest BCUT2D eigenvalue weighted by atomic mass is 10.1. The van der Waals surface area contributed by atoms with Crippen molar-refractivity contribution >= 4 is 5.91 Å². The minimum Gasteiger partial charge on any atom is -0.497 e. The highest BCUT2D eigenvalue weighted by Crippen LogP contribution is 2.23. The Kier molecular flexibility index (Phi) is 5.22. The number of amides is 1. The van der Waals surface area contributed by atoms with Crippen molar-refractivity contribution in [3.05, 3.63) is 36.4 Å². The monoisotopic (exact) mass is 290 g/mol. The predicted octanol–water partition coefficient (Wildman–Crippen LogP) is 1.53. The Morgan fingerprint density at radius 3 is 2.19 bits per heavy atom. The second-order valence-electron chi connectivity index (χ2n) is 5.03. The van der Waals surface area contributed by atoms with Crippen LogP contribution in [0.3, 0.4) is 0 Å². The molecule has 0 unspecified atom stereocenters. The predicted molar refractivity (Wildman–Crippen MR) is 81.6 cm³/mol. The van der Waals surface area contributed by atoms with Gasteiger partial charge in [0.15, 0.2) is 0 Å². The van der Waals surface area contributed by atoms with E-state index < -0.39 is 0 Å². The van der Waals surface area contributed by atoms with Crippen molar-refractivity contribution in [2.75, 3.05) is 40.4 Å². The lowest BCUT2D eigenvalue weighted by molar-refractivity contribution is -0.127. The summed E-state index contributed by atoms with van der Waals surface area (Å²) in [6, 6.07) is 5.90. The van der Waals surface area contributed by atoms with Gasteiger partial charge < -0.3 is 14.4 Å². The first-order valence-corrected chi connectivity index (χ1v) is 7.02. The molecule has 1 saturated heterocycles. The number of methoxy groups -OCH3 is 2. The van der Waals surface area contributed by atoms with Gasteiger partial charge in [-0.15, -0.1) is 0 Å². The van der Waals surface area contributed by atoms with Gasteiger partial charge in [-0.2, -0.15) is 0 Å². The molecule has 0 atom stereocenters. The van der Waals surface area contributed by atoms with Gasteiger partial charge in [0, 0.05) is 38.8 Å². The largest absolute Gasteiger partial charge is 0.497 e. The molecule has 0 spiro atoms. The van der Waals surface area contributed by atoms with Crippen molar-refractivity contribution in [1.82, 2.24) is 9.80 Å². The van der Waals surface area contributed by atoms with Crippen LogP contribution in [0.4, 0.5) is 0 Å². The van der Waals surface area contributed by atoms with E-state index >= 15 is 0 Å². The number of hydrogen-bond donors (Lipinski definition) is 0. The summed E-state index contributed by atoms with van der Waals surface area (Å²) in [5.41, 5.74) is 1.15. The van der Waals surface area contributed by atoms with Gasteiger partial charge in [-0.25, -0.2) is 0 Å². The summed E-state index contributed by atoms with van der Waals surface area (Å²) in [4.78, 5) is 15.7. The molecule has 5 nitrogen and oxygen atoms in total. The Labute approximate surface area is 125 Å². The zero-order valence-electron chi connectivity index (χ0n) is 12.7. The number of piperazine rings is 1. The molecule has 0 saturated carbocycles. The zero-order chi connectivity index (χ0) is 15.2. The number of carbonyl (C=O) groups is 1. The number of ether oxygens (including phenoxy) is 2. The zero-order valence-corrected chi connectivity index (χ0v) is 12.7. The van der Waals surface area contributed by atoms with Gasteiger partial charge >= 0.3 is 0 Å². The highest BCUT2D eigenvalue weighted by Gasteiger charge is 2.19. The Morgan fingerprint density at radius 2 is 1.71 bits per heavy atom. The van der Waals surface area contributed by atoms with Crippen molar-refractivity contribution < 1.29 is 14.3 Å². The summed E-state index contributed by atoms with van der Waals surface area (Å²) >= 11 is 0. The maximum Gasteiger partial charge on any atom is 0.246 e. The fourth-order valence-electron chi connectivity index (χ4n) is 2.47. The van der Waals surface area contributed by atoms with E-state index in [1.54, 1.807) is 14.2 Å². The number of benzene rings is 1. The third kappa shape index (κ3) is 3.98. The SMILES string of the molecule is C=CC(=O)N1CCN(Cc2cc(OC)cc(OC)c2)CC1. The molecule has 1 aromatic carbocycles. The van der Waals surface area contributed by atoms with Gasteiger partial charge in [-0.3, -0.25) is 9.69 Å². The van der Waals surface area contributed by atoms with Gasteiger partial charge in [0.05, 0.1) is 14.2 Å². The second kappa shape index (κ2) is 7.13. The molecular formula is C16H22N2O3. The first kappa shape index (κ1) is 15.4. The van der Waals surface area contributed by atoms with Gasteiger partial charge in [0.1, 0.15) is 11.5 Å². The van der Waals surface area contributed by atoms with E-state index in [0.717, 1.165) is 49.8 Å². The molecule has 0 aliphatic carbocycles. The summed E-state index contributed by atoms with van der Waals surface area (Å²) in [7, 11) is 3.30. The normalized spacial score (nSPS) is 15.6. The molecule has 0 radical (unpaired) electrons. The van der Waals surface area contributed by atoms with E-state index in [9.17, 15) is 4.79 Å². The Balaban J connectivity index is 1.97. The van der Waals surface area contributed by atoms with Gasteiger partial charge in [0.2, 0.25) is 5.91 Å². The van der Waals surface area contributed by atoms with Crippen molar-refractivity contribution in [2.24, 2.45) is 0 Å². The molecule has 114 valence electrons. The average Bonchev–Trinajstić information content (AvgIpc) is 2.54. The van der Waals surface area contributed by atoms with Crippen LogP contribution in [0.2, 0.25) is 0 Å². The maximum atomic E-state index is 11.6. The van der Waals surface area contributed by atoms with Crippen LogP contribution in [-0.4, -0.2) is 56.1 Å². The van der Waals surface area contributed by atoms with Crippen molar-refractivity contribution in [1.29, 1.82) is 0 Å². The standard InChI is InChI=1S/C16H22N2O3/c1-4-16(19)18-7-5-17(6-8-18)12-13-9-14(20-2)11-15(10-13)21-3/h4,9-11H,1,5-8,12H2,2-3H3. The molecule has 2 rings (SSSR count). The highest BCUT2D eigenvalue weighted by atomic mass is 16.5. The number of hydrogen-bond acceptors (Lipinski definition) is 4. The van der Waals surface area contributed by atoms with E-state index in [1.165, 1.54) is 6.08 Å². The summed E-state index contributed by atoms with van der Waals surface area (Å²) in [6.07, 6.45) is 1.38. The molecule has 0 bridgehead atoms. The second-order valence-corrected chi connectivity index (χ2v) is 5.03. The fourth-order valence-corrected chi connectivity index (χ4v) is 2.47. The van der Waals surface area contributed by atoms with Crippen molar-refractivity contribution in [3.63, 3.8) is 0 Å². The van der Waals surface area contributed by atoms with E-state index in [1.807, 2.05) is 23.1 Å². The molecule has 1 aliphatic rings. The number of nitrogens with zero attached hydrogens (tertiary/aromatic N) is 2. The molecule has 21 heavy (non-hydrogen) atoms. The van der Waals surface area contributed by atoms with Crippen LogP contribution in [0.1, 0.15) is 5.56 Å². The molecule has 0 N–H and O–H groups in total. The summed E-state index contributed by atoms with van der Waals surface area (Å²) in [5.74, 6) is 1.60. The maximum absolute atomic E-state index is 11.6. The quantitative estimate of drug-likeness (QED) is 0.771. The van der Waals surface area contributed by atoms with Gasteiger partial charge in [-0.05, 0) is 23.8 Å². The summed E-state index contributed by atoms with van der Waals surface area (Å²) in [5, 5.41) is 0. The third-order valence-corrected chi connectivity index (χ3v) is 3.68.